The van der Waals surface area contributed by atoms with Gasteiger partial charge in [0.15, 0.2) is 0 Å². The first-order valence-electron chi connectivity index (χ1n) is 7.14. The molecule has 0 spiro atoms. The average molecular weight is 277 g/mol. The highest BCUT2D eigenvalue weighted by Crippen LogP contribution is 2.16. The van der Waals surface area contributed by atoms with Gasteiger partial charge in [0, 0.05) is 19.3 Å². The van der Waals surface area contributed by atoms with Gasteiger partial charge in [-0.2, -0.15) is 5.26 Å². The van der Waals surface area contributed by atoms with E-state index in [4.69, 9.17) is 0 Å². The van der Waals surface area contributed by atoms with Crippen molar-refractivity contribution in [1.29, 1.82) is 5.26 Å². The molecule has 20 heavy (non-hydrogen) atoms. The number of nitrogens with one attached hydrogen (secondary N) is 1. The number of hydrogen-bond acceptors (Lipinski definition) is 3. The molecular formula is C16H24FN3. The highest BCUT2D eigenvalue weighted by molar-refractivity contribution is 5.45. The fourth-order valence-corrected chi connectivity index (χ4v) is 2.23. The van der Waals surface area contributed by atoms with Crippen LogP contribution in [-0.4, -0.2) is 25.7 Å². The van der Waals surface area contributed by atoms with Crippen LogP contribution in [0.15, 0.2) is 24.3 Å². The molecule has 1 aromatic carbocycles. The van der Waals surface area contributed by atoms with E-state index in [9.17, 15) is 9.65 Å². The van der Waals surface area contributed by atoms with Crippen molar-refractivity contribution in [3.8, 4) is 6.07 Å². The lowest BCUT2D eigenvalue weighted by atomic mass is 9.96. The Balaban J connectivity index is 2.34. The Morgan fingerprint density at radius 3 is 2.50 bits per heavy atom. The molecule has 1 N–H and O–H groups in total. The normalized spacial score (nSPS) is 13.6. The molecule has 1 rings (SSSR count). The van der Waals surface area contributed by atoms with Crippen molar-refractivity contribution in [2.45, 2.75) is 38.6 Å². The van der Waals surface area contributed by atoms with Crippen LogP contribution in [0.25, 0.3) is 0 Å². The van der Waals surface area contributed by atoms with Crippen LogP contribution >= 0.6 is 0 Å². The van der Waals surface area contributed by atoms with Gasteiger partial charge in [-0.05, 0) is 57.0 Å². The summed E-state index contributed by atoms with van der Waals surface area (Å²) in [6, 6.07) is 8.86. The van der Waals surface area contributed by atoms with E-state index < -0.39 is 5.54 Å². The molecule has 0 fully saturated rings. The Bertz CT molecular complexity index is 438. The number of rotatable bonds is 8. The smallest absolute Gasteiger partial charge is 0.123 e. The Kier molecular flexibility index (Phi) is 6.47. The van der Waals surface area contributed by atoms with Gasteiger partial charge in [-0.3, -0.25) is 5.32 Å². The summed E-state index contributed by atoms with van der Waals surface area (Å²) in [7, 11) is 2.00. The molecule has 0 saturated heterocycles. The predicted octanol–water partition coefficient (Wildman–Crippen LogP) is 3.32. The molecule has 0 aliphatic carbocycles. The standard InChI is InChI=1S/C16H24FN3/c1-4-19-16(2,13-18)11-5-6-12-20(3)15-9-7-14(17)8-10-15/h7-10,19H,4-6,11-12H2,1-3H3. The number of halogens is 1. The lowest BCUT2D eigenvalue weighted by Gasteiger charge is -2.23. The summed E-state index contributed by atoms with van der Waals surface area (Å²) in [5.41, 5.74) is 0.588. The van der Waals surface area contributed by atoms with Gasteiger partial charge in [-0.1, -0.05) is 6.92 Å². The van der Waals surface area contributed by atoms with Crippen molar-refractivity contribution in [2.75, 3.05) is 25.0 Å². The van der Waals surface area contributed by atoms with Crippen LogP contribution in [0.1, 0.15) is 33.1 Å². The molecule has 110 valence electrons. The minimum Gasteiger partial charge on any atom is -0.375 e. The molecule has 0 bridgehead atoms. The highest BCUT2D eigenvalue weighted by Gasteiger charge is 2.21. The topological polar surface area (TPSA) is 39.1 Å². The van der Waals surface area contributed by atoms with Crippen LogP contribution in [0.2, 0.25) is 0 Å². The monoisotopic (exact) mass is 277 g/mol. The summed E-state index contributed by atoms with van der Waals surface area (Å²) < 4.78 is 12.8. The van der Waals surface area contributed by atoms with Crippen molar-refractivity contribution in [3.63, 3.8) is 0 Å². The first-order chi connectivity index (χ1) is 9.50. The van der Waals surface area contributed by atoms with Gasteiger partial charge in [0.05, 0.1) is 6.07 Å². The second-order valence-electron chi connectivity index (χ2n) is 5.33. The van der Waals surface area contributed by atoms with E-state index in [2.05, 4.69) is 16.3 Å². The van der Waals surface area contributed by atoms with E-state index in [-0.39, 0.29) is 5.82 Å². The first-order valence-corrected chi connectivity index (χ1v) is 7.14. The van der Waals surface area contributed by atoms with Crippen LogP contribution in [0.5, 0.6) is 0 Å². The summed E-state index contributed by atoms with van der Waals surface area (Å²) in [5.74, 6) is -0.211. The summed E-state index contributed by atoms with van der Waals surface area (Å²) in [5, 5.41) is 12.4. The molecule has 1 atom stereocenters. The summed E-state index contributed by atoms with van der Waals surface area (Å²) in [6.45, 7) is 5.66. The van der Waals surface area contributed by atoms with Gasteiger partial charge in [0.1, 0.15) is 11.4 Å². The van der Waals surface area contributed by atoms with E-state index in [1.807, 2.05) is 20.9 Å². The van der Waals surface area contributed by atoms with E-state index in [1.54, 1.807) is 12.1 Å². The fourth-order valence-electron chi connectivity index (χ4n) is 2.23. The number of hydrogen-bond donors (Lipinski definition) is 1. The molecular weight excluding hydrogens is 253 g/mol. The Labute approximate surface area is 121 Å². The van der Waals surface area contributed by atoms with Crippen molar-refractivity contribution < 1.29 is 4.39 Å². The molecule has 0 radical (unpaired) electrons. The predicted molar refractivity (Wildman–Crippen MR) is 81.2 cm³/mol. The maximum Gasteiger partial charge on any atom is 0.123 e. The number of nitriles is 1. The van der Waals surface area contributed by atoms with Crippen LogP contribution in [-0.2, 0) is 0 Å². The Hall–Kier alpha value is -1.60. The lowest BCUT2D eigenvalue weighted by Crippen LogP contribution is -2.40. The third-order valence-electron chi connectivity index (χ3n) is 3.50. The zero-order valence-electron chi connectivity index (χ0n) is 12.6. The third-order valence-corrected chi connectivity index (χ3v) is 3.50. The zero-order valence-corrected chi connectivity index (χ0v) is 12.6. The summed E-state index contributed by atoms with van der Waals surface area (Å²) in [6.07, 6.45) is 2.84. The molecule has 0 saturated carbocycles. The maximum absolute atomic E-state index is 12.8. The van der Waals surface area contributed by atoms with E-state index in [0.29, 0.717) is 0 Å². The molecule has 3 nitrogen and oxygen atoms in total. The minimum absolute atomic E-state index is 0.211. The number of nitrogens with zero attached hydrogens (tertiary/aromatic N) is 2. The van der Waals surface area contributed by atoms with Crippen molar-refractivity contribution in [3.05, 3.63) is 30.1 Å². The number of unbranched alkanes of at least 4 members (excludes halogenated alkanes) is 1. The van der Waals surface area contributed by atoms with Gasteiger partial charge < -0.3 is 4.90 Å². The lowest BCUT2D eigenvalue weighted by molar-refractivity contribution is 0.412. The highest BCUT2D eigenvalue weighted by atomic mass is 19.1. The first kappa shape index (κ1) is 16.5. The van der Waals surface area contributed by atoms with Gasteiger partial charge in [-0.25, -0.2) is 4.39 Å². The summed E-state index contributed by atoms with van der Waals surface area (Å²) >= 11 is 0. The SMILES string of the molecule is CCNC(C)(C#N)CCCCN(C)c1ccc(F)cc1. The zero-order chi connectivity index (χ0) is 15.0. The summed E-state index contributed by atoms with van der Waals surface area (Å²) in [4.78, 5) is 2.11. The Morgan fingerprint density at radius 2 is 1.95 bits per heavy atom. The van der Waals surface area contributed by atoms with Gasteiger partial charge in [0.25, 0.3) is 0 Å². The van der Waals surface area contributed by atoms with Crippen molar-refractivity contribution in [2.24, 2.45) is 0 Å². The Morgan fingerprint density at radius 1 is 1.30 bits per heavy atom. The largest absolute Gasteiger partial charge is 0.375 e. The molecule has 0 heterocycles. The van der Waals surface area contributed by atoms with Gasteiger partial charge >= 0.3 is 0 Å². The number of benzene rings is 1. The average Bonchev–Trinajstić information content (AvgIpc) is 2.44. The van der Waals surface area contributed by atoms with Gasteiger partial charge in [-0.15, -0.1) is 0 Å². The second-order valence-corrected chi connectivity index (χ2v) is 5.33. The van der Waals surface area contributed by atoms with Crippen molar-refractivity contribution in [1.82, 2.24) is 5.32 Å². The van der Waals surface area contributed by atoms with Gasteiger partial charge in [0.2, 0.25) is 0 Å². The quantitative estimate of drug-likeness (QED) is 0.741. The third kappa shape index (κ3) is 5.18. The van der Waals surface area contributed by atoms with Crippen LogP contribution in [0, 0.1) is 17.1 Å². The molecule has 0 aliphatic rings. The maximum atomic E-state index is 12.8. The minimum atomic E-state index is -0.427. The molecule has 0 aliphatic heterocycles. The second kappa shape index (κ2) is 7.86. The molecule has 0 amide bonds. The number of anilines is 1. The van der Waals surface area contributed by atoms with E-state index in [1.165, 1.54) is 12.1 Å². The van der Waals surface area contributed by atoms with Crippen LogP contribution in [0.4, 0.5) is 10.1 Å². The van der Waals surface area contributed by atoms with Crippen LogP contribution in [0.3, 0.4) is 0 Å². The van der Waals surface area contributed by atoms with E-state index >= 15 is 0 Å². The molecule has 4 heteroatoms. The van der Waals surface area contributed by atoms with Crippen molar-refractivity contribution >= 4 is 5.69 Å². The fraction of sp³-hybridized carbons (Fsp3) is 0.562. The molecule has 1 unspecified atom stereocenters. The molecule has 1 aromatic rings. The molecule has 0 aromatic heterocycles. The van der Waals surface area contributed by atoms with Crippen LogP contribution < -0.4 is 10.2 Å². The van der Waals surface area contributed by atoms with E-state index in [0.717, 1.165) is 38.0 Å².